The molecule has 0 aromatic heterocycles. The van der Waals surface area contributed by atoms with Gasteiger partial charge in [-0.25, -0.2) is 8.42 Å². The summed E-state index contributed by atoms with van der Waals surface area (Å²) in [4.78, 5) is 14.6. The van der Waals surface area contributed by atoms with Gasteiger partial charge in [-0.1, -0.05) is 60.2 Å². The van der Waals surface area contributed by atoms with Gasteiger partial charge in [-0.15, -0.1) is 11.8 Å². The highest BCUT2D eigenvalue weighted by Gasteiger charge is 2.28. The molecule has 0 bridgehead atoms. The summed E-state index contributed by atoms with van der Waals surface area (Å²) < 4.78 is 28.7. The van der Waals surface area contributed by atoms with Crippen LogP contribution >= 0.6 is 11.8 Å². The van der Waals surface area contributed by atoms with E-state index in [2.05, 4.69) is 23.5 Å². The van der Waals surface area contributed by atoms with Crippen LogP contribution in [-0.2, 0) is 20.6 Å². The number of sulfonamides is 1. The Morgan fingerprint density at radius 2 is 1.47 bits per heavy atom. The smallest absolute Gasteiger partial charge is 0.264 e. The Labute approximate surface area is 230 Å². The molecule has 4 aromatic rings. The molecule has 0 atom stereocenters. The molecule has 0 aliphatic rings. The molecule has 0 saturated carbocycles. The predicted molar refractivity (Wildman–Crippen MR) is 157 cm³/mol. The predicted octanol–water partition coefficient (Wildman–Crippen LogP) is 7.05. The zero-order valence-electron chi connectivity index (χ0n) is 22.1. The van der Waals surface area contributed by atoms with Gasteiger partial charge in [0.05, 0.1) is 10.6 Å². The third-order valence-corrected chi connectivity index (χ3v) is 9.10. The van der Waals surface area contributed by atoms with Crippen molar-refractivity contribution in [3.05, 3.63) is 119 Å². The SMILES string of the molecule is Cc1ccc(S(=O)(=O)N(CC(=O)Nc2ccc(CSc3ccccc3)cc2C)c2cc(C)ccc2C)cc1. The number of amides is 1. The molecule has 0 heterocycles. The van der Waals surface area contributed by atoms with E-state index in [1.807, 2.05) is 70.2 Å². The first-order chi connectivity index (χ1) is 18.1. The lowest BCUT2D eigenvalue weighted by molar-refractivity contribution is -0.114. The van der Waals surface area contributed by atoms with E-state index in [4.69, 9.17) is 0 Å². The number of rotatable bonds is 9. The first-order valence-corrected chi connectivity index (χ1v) is 14.8. The molecule has 1 amide bonds. The fraction of sp³-hybridized carbons (Fsp3) is 0.194. The summed E-state index contributed by atoms with van der Waals surface area (Å²) in [7, 11) is -3.98. The van der Waals surface area contributed by atoms with Crippen LogP contribution in [0.2, 0.25) is 0 Å². The van der Waals surface area contributed by atoms with Crippen molar-refractivity contribution < 1.29 is 13.2 Å². The van der Waals surface area contributed by atoms with E-state index >= 15 is 0 Å². The number of thioether (sulfide) groups is 1. The van der Waals surface area contributed by atoms with E-state index in [1.54, 1.807) is 42.1 Å². The average Bonchev–Trinajstić information content (AvgIpc) is 2.90. The van der Waals surface area contributed by atoms with Gasteiger partial charge < -0.3 is 5.32 Å². The second-order valence-corrected chi connectivity index (χ2v) is 12.3. The van der Waals surface area contributed by atoms with Gasteiger partial charge in [0.25, 0.3) is 10.0 Å². The normalized spacial score (nSPS) is 11.3. The van der Waals surface area contributed by atoms with Crippen molar-refractivity contribution >= 4 is 39.1 Å². The summed E-state index contributed by atoms with van der Waals surface area (Å²) in [6, 6.07) is 28.4. The average molecular weight is 545 g/mol. The van der Waals surface area contributed by atoms with Gasteiger partial charge in [0.1, 0.15) is 6.54 Å². The molecule has 0 unspecified atom stereocenters. The molecule has 5 nitrogen and oxygen atoms in total. The van der Waals surface area contributed by atoms with E-state index in [9.17, 15) is 13.2 Å². The van der Waals surface area contributed by atoms with Gasteiger partial charge in [-0.3, -0.25) is 9.10 Å². The highest BCUT2D eigenvalue weighted by Crippen LogP contribution is 2.29. The van der Waals surface area contributed by atoms with Crippen LogP contribution in [0.3, 0.4) is 0 Å². The molecule has 4 rings (SSSR count). The fourth-order valence-electron chi connectivity index (χ4n) is 4.08. The number of anilines is 2. The second-order valence-electron chi connectivity index (χ2n) is 9.41. The molecular weight excluding hydrogens is 512 g/mol. The maximum atomic E-state index is 13.7. The number of carbonyl (C=O) groups is 1. The maximum Gasteiger partial charge on any atom is 0.264 e. The minimum Gasteiger partial charge on any atom is -0.324 e. The van der Waals surface area contributed by atoms with Gasteiger partial charge in [-0.2, -0.15) is 0 Å². The lowest BCUT2D eigenvalue weighted by Crippen LogP contribution is -2.38. The fourth-order valence-corrected chi connectivity index (χ4v) is 6.42. The number of aryl methyl sites for hydroxylation is 4. The van der Waals surface area contributed by atoms with Crippen LogP contribution in [0, 0.1) is 27.7 Å². The molecule has 0 saturated heterocycles. The number of carbonyl (C=O) groups excluding carboxylic acids is 1. The van der Waals surface area contributed by atoms with Crippen LogP contribution in [0.1, 0.15) is 27.8 Å². The molecule has 0 spiro atoms. The number of nitrogens with one attached hydrogen (secondary N) is 1. The highest BCUT2D eigenvalue weighted by atomic mass is 32.2. The molecule has 4 aromatic carbocycles. The Morgan fingerprint density at radius 1 is 0.789 bits per heavy atom. The largest absolute Gasteiger partial charge is 0.324 e. The lowest BCUT2D eigenvalue weighted by atomic mass is 10.1. The van der Waals surface area contributed by atoms with Crippen molar-refractivity contribution in [3.8, 4) is 0 Å². The number of benzene rings is 4. The number of nitrogens with zero attached hydrogens (tertiary/aromatic N) is 1. The standard InChI is InChI=1S/C31H32N2O3S2/c1-22-11-15-28(16-12-22)38(35,36)33(30-18-23(2)10-13-24(30)3)20-31(34)32-29-17-14-26(19-25(29)4)21-37-27-8-6-5-7-9-27/h5-19H,20-21H2,1-4H3,(H,32,34). The summed E-state index contributed by atoms with van der Waals surface area (Å²) in [5.41, 5.74) is 5.87. The van der Waals surface area contributed by atoms with Crippen molar-refractivity contribution in [1.29, 1.82) is 0 Å². The van der Waals surface area contributed by atoms with Crippen LogP contribution in [-0.4, -0.2) is 20.9 Å². The monoisotopic (exact) mass is 544 g/mol. The molecule has 38 heavy (non-hydrogen) atoms. The Balaban J connectivity index is 1.55. The zero-order valence-corrected chi connectivity index (χ0v) is 23.7. The Bertz CT molecular complexity index is 1530. The Hall–Kier alpha value is -3.55. The van der Waals surface area contributed by atoms with Crippen LogP contribution < -0.4 is 9.62 Å². The Morgan fingerprint density at radius 3 is 2.16 bits per heavy atom. The van der Waals surface area contributed by atoms with Crippen LogP contribution in [0.15, 0.2) is 101 Å². The number of hydrogen-bond donors (Lipinski definition) is 1. The first-order valence-electron chi connectivity index (χ1n) is 12.4. The Kier molecular flexibility index (Phi) is 8.59. The molecule has 0 fully saturated rings. The minimum absolute atomic E-state index is 0.147. The van der Waals surface area contributed by atoms with E-state index in [1.165, 1.54) is 9.20 Å². The van der Waals surface area contributed by atoms with Gasteiger partial charge in [0.15, 0.2) is 0 Å². The topological polar surface area (TPSA) is 66.5 Å². The van der Waals surface area contributed by atoms with Crippen molar-refractivity contribution in [2.24, 2.45) is 0 Å². The van der Waals surface area contributed by atoms with Crippen LogP contribution in [0.5, 0.6) is 0 Å². The van der Waals surface area contributed by atoms with E-state index in [0.29, 0.717) is 11.4 Å². The van der Waals surface area contributed by atoms with Crippen LogP contribution in [0.25, 0.3) is 0 Å². The third kappa shape index (κ3) is 6.65. The van der Waals surface area contributed by atoms with Crippen molar-refractivity contribution in [1.82, 2.24) is 0 Å². The summed E-state index contributed by atoms with van der Waals surface area (Å²) in [6.45, 7) is 7.25. The van der Waals surface area contributed by atoms with Crippen LogP contribution in [0.4, 0.5) is 11.4 Å². The second kappa shape index (κ2) is 11.9. The highest BCUT2D eigenvalue weighted by molar-refractivity contribution is 7.98. The molecule has 196 valence electrons. The summed E-state index contributed by atoms with van der Waals surface area (Å²) in [5, 5.41) is 2.93. The van der Waals surface area contributed by atoms with Gasteiger partial charge >= 0.3 is 0 Å². The van der Waals surface area contributed by atoms with E-state index < -0.39 is 15.9 Å². The van der Waals surface area contributed by atoms with Gasteiger partial charge in [0.2, 0.25) is 5.91 Å². The van der Waals surface area contributed by atoms with Crippen molar-refractivity contribution in [3.63, 3.8) is 0 Å². The van der Waals surface area contributed by atoms with Crippen molar-refractivity contribution in [2.45, 2.75) is 43.2 Å². The first kappa shape index (κ1) is 27.5. The van der Waals surface area contributed by atoms with E-state index in [-0.39, 0.29) is 11.4 Å². The van der Waals surface area contributed by atoms with Gasteiger partial charge in [-0.05, 0) is 86.3 Å². The van der Waals surface area contributed by atoms with Crippen molar-refractivity contribution in [2.75, 3.05) is 16.2 Å². The third-order valence-electron chi connectivity index (χ3n) is 6.24. The van der Waals surface area contributed by atoms with Gasteiger partial charge in [0, 0.05) is 16.3 Å². The maximum absolute atomic E-state index is 13.7. The lowest BCUT2D eigenvalue weighted by Gasteiger charge is -2.26. The molecular formula is C31H32N2O3S2. The summed E-state index contributed by atoms with van der Waals surface area (Å²) >= 11 is 1.75. The molecule has 0 aliphatic carbocycles. The summed E-state index contributed by atoms with van der Waals surface area (Å²) in [6.07, 6.45) is 0. The zero-order chi connectivity index (χ0) is 27.3. The molecule has 0 radical (unpaired) electrons. The van der Waals surface area contributed by atoms with E-state index in [0.717, 1.165) is 33.6 Å². The quantitative estimate of drug-likeness (QED) is 0.229. The molecule has 1 N–H and O–H groups in total. The summed E-state index contributed by atoms with van der Waals surface area (Å²) in [5.74, 6) is 0.407. The molecule has 0 aliphatic heterocycles. The minimum atomic E-state index is -3.98. The number of hydrogen-bond acceptors (Lipinski definition) is 4. The molecule has 7 heteroatoms.